The van der Waals surface area contributed by atoms with E-state index in [1.54, 1.807) is 14.2 Å². The highest BCUT2D eigenvalue weighted by atomic mass is 32.1. The summed E-state index contributed by atoms with van der Waals surface area (Å²) in [6.45, 7) is 1.15. The highest BCUT2D eigenvalue weighted by Gasteiger charge is 2.34. The molecule has 4 rings (SSSR count). The maximum absolute atomic E-state index is 6.65. The van der Waals surface area contributed by atoms with Gasteiger partial charge in [0.25, 0.3) is 0 Å². The third-order valence-electron chi connectivity index (χ3n) is 6.45. The molecule has 2 aromatic rings. The molecule has 0 bridgehead atoms. The van der Waals surface area contributed by atoms with Gasteiger partial charge >= 0.3 is 0 Å². The molecule has 40 heavy (non-hydrogen) atoms. The third-order valence-corrected chi connectivity index (χ3v) is 6.94. The average molecular weight is 575 g/mol. The highest BCUT2D eigenvalue weighted by molar-refractivity contribution is 7.80. The molecule has 2 atom stereocenters. The zero-order valence-electron chi connectivity index (χ0n) is 22.4. The Kier molecular flexibility index (Phi) is 9.38. The predicted octanol–water partition coefficient (Wildman–Crippen LogP) is 3.12. The Morgan fingerprint density at radius 2 is 1.05 bits per heavy atom. The van der Waals surface area contributed by atoms with Crippen molar-refractivity contribution in [2.75, 3.05) is 14.2 Å². The molecule has 0 spiro atoms. The number of nitrogens with two attached hydrogens (primary N) is 2. The summed E-state index contributed by atoms with van der Waals surface area (Å²) in [5, 5.41) is 13.5. The number of methoxy groups -OCH3 is 2. The van der Waals surface area contributed by atoms with Crippen LogP contribution in [0.2, 0.25) is 0 Å². The Morgan fingerprint density at radius 3 is 1.40 bits per heavy atom. The van der Waals surface area contributed by atoms with E-state index in [9.17, 15) is 0 Å². The molecule has 10 heteroatoms. The molecule has 0 aromatic heterocycles. The van der Waals surface area contributed by atoms with Crippen LogP contribution < -0.4 is 32.7 Å². The molecule has 2 aromatic carbocycles. The van der Waals surface area contributed by atoms with Crippen LogP contribution in [-0.4, -0.2) is 35.8 Å². The molecule has 0 aliphatic heterocycles. The maximum Gasteiger partial charge on any atom is 0.168 e. The Hall–Kier alpha value is -3.96. The predicted molar refractivity (Wildman–Crippen MR) is 167 cm³/mol. The van der Waals surface area contributed by atoms with Gasteiger partial charge in [-0.3, -0.25) is 11.5 Å². The number of allylic oxidation sites excluding steroid dienone is 6. The third kappa shape index (κ3) is 7.16. The molecule has 2 aliphatic carbocycles. The van der Waals surface area contributed by atoms with Gasteiger partial charge in [0.2, 0.25) is 0 Å². The number of hydrogen-bond donors (Lipinski definition) is 6. The molecule has 2 unspecified atom stereocenters. The van der Waals surface area contributed by atoms with Crippen molar-refractivity contribution in [3.63, 3.8) is 0 Å². The molecule has 0 fully saturated rings. The zero-order valence-corrected chi connectivity index (χ0v) is 24.1. The van der Waals surface area contributed by atoms with Crippen LogP contribution in [0.1, 0.15) is 11.1 Å². The van der Waals surface area contributed by atoms with Gasteiger partial charge in [0.05, 0.1) is 14.2 Å². The van der Waals surface area contributed by atoms with E-state index in [1.807, 2.05) is 97.1 Å². The Morgan fingerprint density at radius 1 is 0.675 bits per heavy atom. The zero-order chi connectivity index (χ0) is 28.6. The van der Waals surface area contributed by atoms with Crippen LogP contribution in [0.3, 0.4) is 0 Å². The first-order valence-electron chi connectivity index (χ1n) is 12.7. The Labute approximate surface area is 245 Å². The quantitative estimate of drug-likeness (QED) is 0.207. The van der Waals surface area contributed by atoms with Gasteiger partial charge in [0.15, 0.2) is 21.6 Å². The van der Waals surface area contributed by atoms with Gasteiger partial charge in [-0.05, 0) is 71.0 Å². The topological polar surface area (TPSA) is 119 Å². The lowest BCUT2D eigenvalue weighted by Gasteiger charge is -2.34. The van der Waals surface area contributed by atoms with Crippen molar-refractivity contribution in [2.24, 2.45) is 11.5 Å². The van der Waals surface area contributed by atoms with E-state index in [2.05, 4.69) is 21.3 Å². The highest BCUT2D eigenvalue weighted by Crippen LogP contribution is 2.30. The molecule has 0 amide bonds. The van der Waals surface area contributed by atoms with Gasteiger partial charge in [-0.1, -0.05) is 72.8 Å². The van der Waals surface area contributed by atoms with Gasteiger partial charge in [-0.2, -0.15) is 0 Å². The minimum Gasteiger partial charge on any atom is -0.497 e. The van der Waals surface area contributed by atoms with E-state index in [1.165, 1.54) is 0 Å². The molecule has 208 valence electrons. The van der Waals surface area contributed by atoms with E-state index in [0.29, 0.717) is 34.8 Å². The molecular weight excluding hydrogens is 541 g/mol. The summed E-state index contributed by atoms with van der Waals surface area (Å²) in [5.41, 5.74) is 15.0. The first-order valence-corrected chi connectivity index (χ1v) is 13.5. The number of thiocarbonyl (C=S) groups is 2. The number of benzene rings is 2. The number of rotatable bonds is 8. The molecule has 0 saturated heterocycles. The lowest BCUT2D eigenvalue weighted by molar-refractivity contribution is 0.231. The van der Waals surface area contributed by atoms with Crippen molar-refractivity contribution in [2.45, 2.75) is 24.4 Å². The van der Waals surface area contributed by atoms with Gasteiger partial charge in [-0.15, -0.1) is 0 Å². The SMILES string of the molecule is COC1=CC(=C2C=CC(N)(NC(=S)NCc3ccccc3)C(OC)=C2)C=CC1(N)NC(=S)NCc1ccccc1. The average Bonchev–Trinajstić information content (AvgIpc) is 2.96. The summed E-state index contributed by atoms with van der Waals surface area (Å²) in [6.07, 6.45) is 11.1. The van der Waals surface area contributed by atoms with Crippen LogP contribution in [0.5, 0.6) is 0 Å². The van der Waals surface area contributed by atoms with Gasteiger partial charge < -0.3 is 30.7 Å². The molecular formula is C30H34N6O2S2. The molecule has 0 heterocycles. The van der Waals surface area contributed by atoms with Crippen LogP contribution in [-0.2, 0) is 22.6 Å². The minimum atomic E-state index is -1.12. The second-order valence-corrected chi connectivity index (χ2v) is 10.1. The van der Waals surface area contributed by atoms with Crippen molar-refractivity contribution in [1.82, 2.24) is 21.3 Å². The summed E-state index contributed by atoms with van der Waals surface area (Å²) in [7, 11) is 3.14. The summed E-state index contributed by atoms with van der Waals surface area (Å²) in [5.74, 6) is 0.993. The van der Waals surface area contributed by atoms with E-state index in [0.717, 1.165) is 22.3 Å². The van der Waals surface area contributed by atoms with E-state index < -0.39 is 11.3 Å². The molecule has 0 saturated carbocycles. The fourth-order valence-electron chi connectivity index (χ4n) is 4.27. The van der Waals surface area contributed by atoms with Crippen LogP contribution in [0.4, 0.5) is 0 Å². The van der Waals surface area contributed by atoms with Gasteiger partial charge in [0, 0.05) is 13.1 Å². The Balaban J connectivity index is 1.44. The van der Waals surface area contributed by atoms with E-state index in [4.69, 9.17) is 45.4 Å². The second-order valence-electron chi connectivity index (χ2n) is 9.33. The summed E-state index contributed by atoms with van der Waals surface area (Å²) < 4.78 is 11.3. The molecule has 8 nitrogen and oxygen atoms in total. The van der Waals surface area contributed by atoms with Gasteiger partial charge in [-0.25, -0.2) is 0 Å². The normalized spacial score (nSPS) is 23.4. The fraction of sp³-hybridized carbons (Fsp3) is 0.200. The van der Waals surface area contributed by atoms with Crippen molar-refractivity contribution in [3.05, 3.63) is 131 Å². The molecule has 2 aliphatic rings. The smallest absolute Gasteiger partial charge is 0.168 e. The number of nitrogens with one attached hydrogen (secondary N) is 4. The summed E-state index contributed by atoms with van der Waals surface area (Å²) in [4.78, 5) is 0. The first-order chi connectivity index (χ1) is 19.2. The van der Waals surface area contributed by atoms with E-state index >= 15 is 0 Å². The largest absolute Gasteiger partial charge is 0.497 e. The van der Waals surface area contributed by atoms with Crippen molar-refractivity contribution in [3.8, 4) is 0 Å². The van der Waals surface area contributed by atoms with Crippen LogP contribution in [0.15, 0.2) is 120 Å². The van der Waals surface area contributed by atoms with Gasteiger partial charge in [0.1, 0.15) is 11.5 Å². The van der Waals surface area contributed by atoms with E-state index in [-0.39, 0.29) is 0 Å². The summed E-state index contributed by atoms with van der Waals surface area (Å²) >= 11 is 11.0. The van der Waals surface area contributed by atoms with Crippen molar-refractivity contribution >= 4 is 34.7 Å². The van der Waals surface area contributed by atoms with Crippen molar-refractivity contribution in [1.29, 1.82) is 0 Å². The summed E-state index contributed by atoms with van der Waals surface area (Å²) in [6, 6.07) is 19.9. The first kappa shape index (κ1) is 29.0. The lowest BCUT2D eigenvalue weighted by Crippen LogP contribution is -2.59. The number of ether oxygens (including phenoxy) is 2. The number of hydrogen-bond acceptors (Lipinski definition) is 6. The molecule has 8 N–H and O–H groups in total. The maximum atomic E-state index is 6.65. The second kappa shape index (κ2) is 12.9. The van der Waals surface area contributed by atoms with Crippen molar-refractivity contribution < 1.29 is 9.47 Å². The van der Waals surface area contributed by atoms with Crippen LogP contribution in [0.25, 0.3) is 0 Å². The Bertz CT molecular complexity index is 1280. The molecule has 0 radical (unpaired) electrons. The fourth-order valence-corrected chi connectivity index (χ4v) is 4.75. The van der Waals surface area contributed by atoms with Crippen LogP contribution in [0, 0.1) is 0 Å². The standard InChI is InChI=1S/C30H34N6O2S2/c1-37-25-17-23(13-15-29(25,31)35-27(39)33-19-21-9-5-3-6-10-21)24-14-16-30(32,26(18-24)38-2)36-28(40)34-20-22-11-7-4-8-12-22/h3-18H,19-20,31-32H2,1-2H3,(H2,33,35,39)(H2,34,36,40). The minimum absolute atomic E-state index is 0.407. The lowest BCUT2D eigenvalue weighted by atomic mass is 9.91. The monoisotopic (exact) mass is 574 g/mol. The van der Waals surface area contributed by atoms with Crippen LogP contribution >= 0.6 is 24.4 Å².